The van der Waals surface area contributed by atoms with Gasteiger partial charge < -0.3 is 0 Å². The molecule has 4 nitrogen and oxygen atoms in total. The molecule has 9 heteroatoms. The highest BCUT2D eigenvalue weighted by Gasteiger charge is 2.32. The number of nitrogens with zero attached hydrogens (tertiary/aromatic N) is 2. The molecule has 0 bridgehead atoms. The largest absolute Gasteiger partial charge is 0.416 e. The van der Waals surface area contributed by atoms with Gasteiger partial charge in [-0.15, -0.1) is 10.2 Å². The Labute approximate surface area is 120 Å². The SMILES string of the molecule is CCc1nnc(NC(=O)c2cc(C(F)(F)F)ccc2F)s1. The number of aromatic nitrogens is 2. The normalized spacial score (nSPS) is 11.5. The minimum absolute atomic E-state index is 0.105. The van der Waals surface area contributed by atoms with Crippen molar-refractivity contribution in [3.63, 3.8) is 0 Å². The number of amides is 1. The third kappa shape index (κ3) is 3.54. The molecule has 1 amide bonds. The van der Waals surface area contributed by atoms with Crippen LogP contribution >= 0.6 is 11.3 Å². The van der Waals surface area contributed by atoms with Crippen molar-refractivity contribution in [2.24, 2.45) is 0 Å². The third-order valence-electron chi connectivity index (χ3n) is 2.53. The van der Waals surface area contributed by atoms with Gasteiger partial charge in [0.25, 0.3) is 5.91 Å². The Bertz CT molecular complexity index is 669. The van der Waals surface area contributed by atoms with E-state index >= 15 is 0 Å². The van der Waals surface area contributed by atoms with Crippen molar-refractivity contribution in [3.8, 4) is 0 Å². The molecule has 112 valence electrons. The van der Waals surface area contributed by atoms with E-state index in [1.165, 1.54) is 0 Å². The lowest BCUT2D eigenvalue weighted by Crippen LogP contribution is -2.15. The van der Waals surface area contributed by atoms with Crippen molar-refractivity contribution in [1.29, 1.82) is 0 Å². The number of anilines is 1. The van der Waals surface area contributed by atoms with Gasteiger partial charge in [-0.25, -0.2) is 4.39 Å². The van der Waals surface area contributed by atoms with E-state index in [9.17, 15) is 22.4 Å². The summed E-state index contributed by atoms with van der Waals surface area (Å²) in [5.74, 6) is -2.04. The summed E-state index contributed by atoms with van der Waals surface area (Å²) in [4.78, 5) is 11.8. The minimum Gasteiger partial charge on any atom is -0.296 e. The highest BCUT2D eigenvalue weighted by Crippen LogP contribution is 2.30. The standard InChI is InChI=1S/C12H9F4N3OS/c1-2-9-18-19-11(21-9)17-10(20)7-5-6(12(14,15)16)3-4-8(7)13/h3-5H,2H2,1H3,(H,17,19,20). The van der Waals surface area contributed by atoms with Gasteiger partial charge in [-0.05, 0) is 24.6 Å². The Morgan fingerprint density at radius 1 is 1.33 bits per heavy atom. The fourth-order valence-corrected chi connectivity index (χ4v) is 2.16. The third-order valence-corrected chi connectivity index (χ3v) is 3.51. The average molecular weight is 319 g/mol. The van der Waals surface area contributed by atoms with Crippen molar-refractivity contribution >= 4 is 22.4 Å². The Morgan fingerprint density at radius 3 is 2.62 bits per heavy atom. The van der Waals surface area contributed by atoms with Crippen LogP contribution in [0.1, 0.15) is 27.9 Å². The molecule has 0 aliphatic rings. The summed E-state index contributed by atoms with van der Waals surface area (Å²) in [6.07, 6.45) is -4.05. The first-order valence-electron chi connectivity index (χ1n) is 5.81. The second-order valence-electron chi connectivity index (χ2n) is 4.00. The number of aryl methyl sites for hydroxylation is 1. The number of hydrogen-bond donors (Lipinski definition) is 1. The molecule has 0 saturated heterocycles. The van der Waals surface area contributed by atoms with Crippen LogP contribution in [0.4, 0.5) is 22.7 Å². The maximum absolute atomic E-state index is 13.5. The highest BCUT2D eigenvalue weighted by molar-refractivity contribution is 7.15. The average Bonchev–Trinajstić information content (AvgIpc) is 2.85. The first-order chi connectivity index (χ1) is 9.81. The molecular formula is C12H9F4N3OS. The summed E-state index contributed by atoms with van der Waals surface area (Å²) in [7, 11) is 0. The monoisotopic (exact) mass is 319 g/mol. The highest BCUT2D eigenvalue weighted by atomic mass is 32.1. The number of halogens is 4. The molecule has 0 spiro atoms. The molecular weight excluding hydrogens is 310 g/mol. The van der Waals surface area contributed by atoms with Gasteiger partial charge in [-0.2, -0.15) is 13.2 Å². The van der Waals surface area contributed by atoms with Crippen LogP contribution in [0.5, 0.6) is 0 Å². The molecule has 1 aromatic heterocycles. The van der Waals surface area contributed by atoms with Crippen LogP contribution in [0.25, 0.3) is 0 Å². The zero-order valence-corrected chi connectivity index (χ0v) is 11.5. The topological polar surface area (TPSA) is 54.9 Å². The molecule has 0 unspecified atom stereocenters. The fraction of sp³-hybridized carbons (Fsp3) is 0.250. The number of nitrogens with one attached hydrogen (secondary N) is 1. The van der Waals surface area contributed by atoms with Gasteiger partial charge in [0.1, 0.15) is 10.8 Å². The Morgan fingerprint density at radius 2 is 2.05 bits per heavy atom. The van der Waals surface area contributed by atoms with Crippen molar-refractivity contribution in [2.45, 2.75) is 19.5 Å². The zero-order valence-electron chi connectivity index (χ0n) is 10.7. The van der Waals surface area contributed by atoms with Crippen LogP contribution in [0.2, 0.25) is 0 Å². The van der Waals surface area contributed by atoms with E-state index in [0.717, 1.165) is 11.3 Å². The van der Waals surface area contributed by atoms with E-state index in [4.69, 9.17) is 0 Å². The van der Waals surface area contributed by atoms with E-state index < -0.39 is 29.0 Å². The van der Waals surface area contributed by atoms with Crippen LogP contribution in [-0.2, 0) is 12.6 Å². The number of alkyl halides is 3. The molecule has 0 aliphatic heterocycles. The summed E-state index contributed by atoms with van der Waals surface area (Å²) in [6, 6.07) is 1.65. The van der Waals surface area contributed by atoms with Crippen molar-refractivity contribution in [2.75, 3.05) is 5.32 Å². The lowest BCUT2D eigenvalue weighted by atomic mass is 10.1. The second kappa shape index (κ2) is 5.76. The van der Waals surface area contributed by atoms with Gasteiger partial charge in [-0.3, -0.25) is 10.1 Å². The van der Waals surface area contributed by atoms with Gasteiger partial charge >= 0.3 is 6.18 Å². The van der Waals surface area contributed by atoms with Crippen LogP contribution < -0.4 is 5.32 Å². The predicted molar refractivity (Wildman–Crippen MR) is 68.6 cm³/mol. The molecule has 0 fully saturated rings. The van der Waals surface area contributed by atoms with Crippen molar-refractivity contribution < 1.29 is 22.4 Å². The van der Waals surface area contributed by atoms with Crippen molar-refractivity contribution in [3.05, 3.63) is 40.2 Å². The van der Waals surface area contributed by atoms with Gasteiger partial charge in [0.15, 0.2) is 0 Å². The maximum Gasteiger partial charge on any atom is 0.416 e. The van der Waals surface area contributed by atoms with Crippen LogP contribution in [0.15, 0.2) is 18.2 Å². The van der Waals surface area contributed by atoms with Gasteiger partial charge in [0, 0.05) is 0 Å². The summed E-state index contributed by atoms with van der Waals surface area (Å²) < 4.78 is 51.2. The van der Waals surface area contributed by atoms with Crippen LogP contribution in [-0.4, -0.2) is 16.1 Å². The molecule has 2 rings (SSSR count). The van der Waals surface area contributed by atoms with Gasteiger partial charge in [0.2, 0.25) is 5.13 Å². The number of benzene rings is 1. The van der Waals surface area contributed by atoms with E-state index in [2.05, 4.69) is 15.5 Å². The second-order valence-corrected chi connectivity index (χ2v) is 5.06. The fourth-order valence-electron chi connectivity index (χ4n) is 1.49. The predicted octanol–water partition coefficient (Wildman–Crippen LogP) is 3.51. The molecule has 1 aromatic carbocycles. The minimum atomic E-state index is -4.65. The maximum atomic E-state index is 13.5. The van der Waals surface area contributed by atoms with Gasteiger partial charge in [-0.1, -0.05) is 18.3 Å². The lowest BCUT2D eigenvalue weighted by Gasteiger charge is -2.09. The number of carbonyl (C=O) groups excluding carboxylic acids is 1. The van der Waals surface area contributed by atoms with E-state index in [-0.39, 0.29) is 5.13 Å². The lowest BCUT2D eigenvalue weighted by molar-refractivity contribution is -0.137. The number of hydrogen-bond acceptors (Lipinski definition) is 4. The van der Waals surface area contributed by atoms with E-state index in [0.29, 0.717) is 29.6 Å². The van der Waals surface area contributed by atoms with E-state index in [1.54, 1.807) is 0 Å². The molecule has 0 saturated carbocycles. The first kappa shape index (κ1) is 15.4. The molecule has 0 atom stereocenters. The molecule has 1 heterocycles. The Balaban J connectivity index is 2.26. The van der Waals surface area contributed by atoms with Crippen LogP contribution in [0, 0.1) is 5.82 Å². The van der Waals surface area contributed by atoms with Gasteiger partial charge in [0.05, 0.1) is 11.1 Å². The van der Waals surface area contributed by atoms with Crippen molar-refractivity contribution in [1.82, 2.24) is 10.2 Å². The zero-order chi connectivity index (χ0) is 15.6. The number of carbonyl (C=O) groups is 1. The summed E-state index contributed by atoms with van der Waals surface area (Å²) in [5, 5.41) is 10.4. The molecule has 1 N–H and O–H groups in total. The summed E-state index contributed by atoms with van der Waals surface area (Å²) in [6.45, 7) is 1.83. The molecule has 21 heavy (non-hydrogen) atoms. The van der Waals surface area contributed by atoms with Crippen LogP contribution in [0.3, 0.4) is 0 Å². The quantitative estimate of drug-likeness (QED) is 0.881. The smallest absolute Gasteiger partial charge is 0.296 e. The summed E-state index contributed by atoms with van der Waals surface area (Å²) >= 11 is 1.07. The van der Waals surface area contributed by atoms with E-state index in [1.807, 2.05) is 6.92 Å². The Kier molecular flexibility index (Phi) is 4.21. The number of rotatable bonds is 3. The first-order valence-corrected chi connectivity index (χ1v) is 6.63. The molecule has 0 radical (unpaired) electrons. The summed E-state index contributed by atoms with van der Waals surface area (Å²) in [5.41, 5.74) is -1.79. The molecule has 2 aromatic rings. The molecule has 0 aliphatic carbocycles. The Hall–Kier alpha value is -2.03.